The zero-order valence-corrected chi connectivity index (χ0v) is 16.2. The molecule has 4 heterocycles. The third-order valence-corrected chi connectivity index (χ3v) is 5.79. The topological polar surface area (TPSA) is 63.0 Å². The maximum Gasteiger partial charge on any atom is 0.161 e. The van der Waals surface area contributed by atoms with Gasteiger partial charge in [-0.25, -0.2) is 0 Å². The zero-order valence-electron chi connectivity index (χ0n) is 16.2. The summed E-state index contributed by atoms with van der Waals surface area (Å²) in [5.74, 6) is 1.71. The fraction of sp³-hybridized carbons (Fsp3) is 0.571. The Kier molecular flexibility index (Phi) is 4.96. The van der Waals surface area contributed by atoms with Crippen LogP contribution in [0, 0.1) is 0 Å². The summed E-state index contributed by atoms with van der Waals surface area (Å²) in [6.07, 6.45) is 1.79. The van der Waals surface area contributed by atoms with Gasteiger partial charge in [-0.3, -0.25) is 14.5 Å². The third kappa shape index (κ3) is 3.87. The van der Waals surface area contributed by atoms with Crippen LogP contribution in [-0.2, 0) is 26.2 Å². The van der Waals surface area contributed by atoms with Gasteiger partial charge in [-0.05, 0) is 36.6 Å². The molecule has 0 unspecified atom stereocenters. The van der Waals surface area contributed by atoms with Gasteiger partial charge in [0.2, 0.25) is 0 Å². The highest BCUT2D eigenvalue weighted by atomic mass is 16.6. The summed E-state index contributed by atoms with van der Waals surface area (Å²) in [5.41, 5.74) is 3.65. The molecule has 150 valence electrons. The average Bonchev–Trinajstić information content (AvgIpc) is 3.22. The van der Waals surface area contributed by atoms with Gasteiger partial charge >= 0.3 is 0 Å². The molecule has 1 aromatic heterocycles. The zero-order chi connectivity index (χ0) is 18.9. The first-order chi connectivity index (χ1) is 13.7. The van der Waals surface area contributed by atoms with Gasteiger partial charge in [-0.15, -0.1) is 0 Å². The molecule has 7 heteroatoms. The Hall–Kier alpha value is -2.09. The number of aryl methyl sites for hydroxylation is 1. The van der Waals surface area contributed by atoms with E-state index < -0.39 is 0 Å². The number of aliphatic hydroxyl groups excluding tert-OH is 1. The Morgan fingerprint density at radius 3 is 2.75 bits per heavy atom. The highest BCUT2D eigenvalue weighted by Crippen LogP contribution is 2.31. The van der Waals surface area contributed by atoms with Gasteiger partial charge in [0.25, 0.3) is 0 Å². The van der Waals surface area contributed by atoms with E-state index in [2.05, 4.69) is 32.7 Å². The first-order valence-electron chi connectivity index (χ1n) is 10.3. The van der Waals surface area contributed by atoms with Gasteiger partial charge in [-0.1, -0.05) is 6.07 Å². The molecular weight excluding hydrogens is 356 g/mol. The fourth-order valence-corrected chi connectivity index (χ4v) is 4.43. The first-order valence-corrected chi connectivity index (χ1v) is 10.3. The molecule has 1 fully saturated rings. The molecule has 0 aliphatic carbocycles. The van der Waals surface area contributed by atoms with E-state index >= 15 is 0 Å². The number of aromatic nitrogens is 2. The first kappa shape index (κ1) is 18.0. The van der Waals surface area contributed by atoms with Crippen molar-refractivity contribution in [1.29, 1.82) is 0 Å². The number of hydrogen-bond acceptors (Lipinski definition) is 6. The Morgan fingerprint density at radius 2 is 1.89 bits per heavy atom. The van der Waals surface area contributed by atoms with Gasteiger partial charge in [0.15, 0.2) is 11.5 Å². The van der Waals surface area contributed by atoms with Crippen molar-refractivity contribution in [3.05, 3.63) is 41.2 Å². The van der Waals surface area contributed by atoms with Crippen molar-refractivity contribution in [2.24, 2.45) is 0 Å². The van der Waals surface area contributed by atoms with Crippen LogP contribution in [0.1, 0.15) is 29.8 Å². The quantitative estimate of drug-likeness (QED) is 0.865. The van der Waals surface area contributed by atoms with E-state index in [1.54, 1.807) is 0 Å². The van der Waals surface area contributed by atoms with Crippen LogP contribution < -0.4 is 9.47 Å². The normalized spacial score (nSPS) is 22.8. The molecule has 3 aliphatic rings. The van der Waals surface area contributed by atoms with Crippen molar-refractivity contribution in [2.45, 2.75) is 45.1 Å². The minimum Gasteiger partial charge on any atom is -0.486 e. The largest absolute Gasteiger partial charge is 0.486 e. The molecule has 3 aliphatic heterocycles. The Balaban J connectivity index is 1.26. The predicted octanol–water partition coefficient (Wildman–Crippen LogP) is 1.63. The second kappa shape index (κ2) is 7.73. The monoisotopic (exact) mass is 384 g/mol. The summed E-state index contributed by atoms with van der Waals surface area (Å²) in [6, 6.07) is 8.52. The summed E-state index contributed by atoms with van der Waals surface area (Å²) >= 11 is 0. The molecule has 1 atom stereocenters. The standard InChI is InChI=1S/C21H28N4O3/c26-19-4-7-24(15-19)13-17-11-18-14-23(5-1-6-25(18)22-17)12-16-2-3-20-21(10-16)28-9-8-27-20/h2-3,10-11,19,26H,1,4-9,12-15H2/t19-/m1/s1. The van der Waals surface area contributed by atoms with Gasteiger partial charge in [0.05, 0.1) is 17.5 Å². The summed E-state index contributed by atoms with van der Waals surface area (Å²) in [6.45, 7) is 7.63. The van der Waals surface area contributed by atoms with E-state index in [9.17, 15) is 5.11 Å². The van der Waals surface area contributed by atoms with Crippen molar-refractivity contribution < 1.29 is 14.6 Å². The van der Waals surface area contributed by atoms with Crippen molar-refractivity contribution in [3.8, 4) is 11.5 Å². The molecule has 5 rings (SSSR count). The number of likely N-dealkylation sites (tertiary alicyclic amines) is 1. The summed E-state index contributed by atoms with van der Waals surface area (Å²) in [4.78, 5) is 4.77. The lowest BCUT2D eigenvalue weighted by atomic mass is 10.1. The molecule has 1 aromatic carbocycles. The Bertz CT molecular complexity index is 837. The molecule has 0 bridgehead atoms. The number of fused-ring (bicyclic) bond motifs is 2. The number of β-amino-alcohol motifs (C(OH)–C–C–N with tert-alkyl or cyclic N) is 1. The Morgan fingerprint density at radius 1 is 1.00 bits per heavy atom. The minimum atomic E-state index is -0.179. The van der Waals surface area contributed by atoms with E-state index in [4.69, 9.17) is 14.6 Å². The lowest BCUT2D eigenvalue weighted by Crippen LogP contribution is -2.23. The molecule has 1 N–H and O–H groups in total. The van der Waals surface area contributed by atoms with Gasteiger partial charge < -0.3 is 14.6 Å². The number of ether oxygens (including phenoxy) is 2. The van der Waals surface area contributed by atoms with E-state index in [1.807, 2.05) is 6.07 Å². The van der Waals surface area contributed by atoms with Crippen LogP contribution >= 0.6 is 0 Å². The second-order valence-electron chi connectivity index (χ2n) is 8.07. The van der Waals surface area contributed by atoms with Gasteiger partial charge in [0.1, 0.15) is 13.2 Å². The fourth-order valence-electron chi connectivity index (χ4n) is 4.43. The number of rotatable bonds is 4. The van der Waals surface area contributed by atoms with Crippen molar-refractivity contribution in [1.82, 2.24) is 19.6 Å². The van der Waals surface area contributed by atoms with Gasteiger partial charge in [-0.2, -0.15) is 5.10 Å². The van der Waals surface area contributed by atoms with Crippen LogP contribution in [0.3, 0.4) is 0 Å². The smallest absolute Gasteiger partial charge is 0.161 e. The highest BCUT2D eigenvalue weighted by molar-refractivity contribution is 5.43. The third-order valence-electron chi connectivity index (χ3n) is 5.79. The van der Waals surface area contributed by atoms with E-state index in [-0.39, 0.29) is 6.10 Å². The summed E-state index contributed by atoms with van der Waals surface area (Å²) in [5, 5.41) is 14.6. The van der Waals surface area contributed by atoms with Crippen LogP contribution in [0.5, 0.6) is 11.5 Å². The lowest BCUT2D eigenvalue weighted by molar-refractivity contribution is 0.171. The number of aliphatic hydroxyl groups is 1. The van der Waals surface area contributed by atoms with Crippen LogP contribution in [0.15, 0.2) is 24.3 Å². The molecule has 1 saturated heterocycles. The predicted molar refractivity (Wildman–Crippen MR) is 104 cm³/mol. The molecule has 0 saturated carbocycles. The number of hydrogen-bond donors (Lipinski definition) is 1. The molecule has 0 amide bonds. The second-order valence-corrected chi connectivity index (χ2v) is 8.07. The SMILES string of the molecule is O[C@@H]1CCN(Cc2cc3n(n2)CCCN(Cc2ccc4c(c2)OCCO4)C3)C1. The average molecular weight is 384 g/mol. The van der Waals surface area contributed by atoms with Crippen LogP contribution in [-0.4, -0.2) is 63.6 Å². The molecule has 7 nitrogen and oxygen atoms in total. The summed E-state index contributed by atoms with van der Waals surface area (Å²) in [7, 11) is 0. The van der Waals surface area contributed by atoms with Gasteiger partial charge in [0, 0.05) is 45.8 Å². The number of nitrogens with zero attached hydrogens (tertiary/aromatic N) is 4. The maximum atomic E-state index is 9.74. The van der Waals surface area contributed by atoms with E-state index in [0.717, 1.165) is 75.8 Å². The number of benzene rings is 1. The van der Waals surface area contributed by atoms with Crippen LogP contribution in [0.4, 0.5) is 0 Å². The molecule has 28 heavy (non-hydrogen) atoms. The molecule has 2 aromatic rings. The van der Waals surface area contributed by atoms with Crippen molar-refractivity contribution >= 4 is 0 Å². The highest BCUT2D eigenvalue weighted by Gasteiger charge is 2.23. The maximum absolute atomic E-state index is 9.74. The van der Waals surface area contributed by atoms with Crippen LogP contribution in [0.2, 0.25) is 0 Å². The molecular formula is C21H28N4O3. The van der Waals surface area contributed by atoms with E-state index in [1.165, 1.54) is 11.3 Å². The molecule has 0 spiro atoms. The van der Waals surface area contributed by atoms with Crippen molar-refractivity contribution in [2.75, 3.05) is 32.8 Å². The minimum absolute atomic E-state index is 0.179. The van der Waals surface area contributed by atoms with Crippen LogP contribution in [0.25, 0.3) is 0 Å². The summed E-state index contributed by atoms with van der Waals surface area (Å²) < 4.78 is 13.5. The Labute approximate surface area is 165 Å². The molecule has 0 radical (unpaired) electrons. The van der Waals surface area contributed by atoms with Crippen molar-refractivity contribution in [3.63, 3.8) is 0 Å². The van der Waals surface area contributed by atoms with E-state index in [0.29, 0.717) is 13.2 Å². The lowest BCUT2D eigenvalue weighted by Gasteiger charge is -2.22.